The average Bonchev–Trinajstić information content (AvgIpc) is 3.04. The summed E-state index contributed by atoms with van der Waals surface area (Å²) in [7, 11) is -2.61. The minimum absolute atomic E-state index is 0.0385. The van der Waals surface area contributed by atoms with Crippen LogP contribution in [0.5, 0.6) is 0 Å². The lowest BCUT2D eigenvalue weighted by Gasteiger charge is -2.12. The summed E-state index contributed by atoms with van der Waals surface area (Å²) < 4.78 is 40.7. The minimum atomic E-state index is -3.88. The molecule has 0 aliphatic heterocycles. The van der Waals surface area contributed by atoms with E-state index in [9.17, 15) is 13.2 Å². The molecule has 24 heavy (non-hydrogen) atoms. The Balaban J connectivity index is 2.04. The normalized spacial score (nSPS) is 11.4. The van der Waals surface area contributed by atoms with Crippen LogP contribution in [-0.4, -0.2) is 30.2 Å². The molecular formula is C15H13N3O4S2. The lowest BCUT2D eigenvalue weighted by atomic mass is 10.1. The van der Waals surface area contributed by atoms with Gasteiger partial charge >= 0.3 is 5.97 Å². The summed E-state index contributed by atoms with van der Waals surface area (Å²) in [6.07, 6.45) is 0. The van der Waals surface area contributed by atoms with E-state index in [1.165, 1.54) is 19.2 Å². The van der Waals surface area contributed by atoms with Gasteiger partial charge in [0.05, 0.1) is 30.1 Å². The number of aryl methyl sites for hydroxylation is 1. The Morgan fingerprint density at radius 3 is 2.75 bits per heavy atom. The van der Waals surface area contributed by atoms with E-state index in [2.05, 4.69) is 18.2 Å². The summed E-state index contributed by atoms with van der Waals surface area (Å²) in [6, 6.07) is 9.43. The number of carbonyl (C=O) groups excluding carboxylic acids is 1. The second-order valence-electron chi connectivity index (χ2n) is 5.01. The standard InChI is InChI=1S/C15H13N3O4S2/c1-9-6-7-10(15(19)22-2)8-12(9)18-24(20,21)13-5-3-4-11-14(13)17-23-16-11/h3-8,18H,1-2H3. The number of ether oxygens (including phenoxy) is 1. The predicted molar refractivity (Wildman–Crippen MR) is 90.7 cm³/mol. The first kappa shape index (κ1) is 16.3. The van der Waals surface area contributed by atoms with Gasteiger partial charge in [-0.3, -0.25) is 4.72 Å². The number of sulfonamides is 1. The van der Waals surface area contributed by atoms with Gasteiger partial charge in [-0.1, -0.05) is 12.1 Å². The van der Waals surface area contributed by atoms with Crippen LogP contribution < -0.4 is 4.72 Å². The molecule has 2 aromatic carbocycles. The van der Waals surface area contributed by atoms with Crippen molar-refractivity contribution in [2.75, 3.05) is 11.8 Å². The van der Waals surface area contributed by atoms with Crippen molar-refractivity contribution in [2.45, 2.75) is 11.8 Å². The smallest absolute Gasteiger partial charge is 0.337 e. The zero-order valence-corrected chi connectivity index (χ0v) is 14.4. The number of fused-ring (bicyclic) bond motifs is 1. The van der Waals surface area contributed by atoms with E-state index in [1.807, 2.05) is 0 Å². The Morgan fingerprint density at radius 2 is 2.00 bits per heavy atom. The van der Waals surface area contributed by atoms with Crippen molar-refractivity contribution < 1.29 is 17.9 Å². The average molecular weight is 363 g/mol. The number of anilines is 1. The quantitative estimate of drug-likeness (QED) is 0.716. The van der Waals surface area contributed by atoms with Gasteiger partial charge in [-0.05, 0) is 36.8 Å². The van der Waals surface area contributed by atoms with Gasteiger partial charge in [-0.15, -0.1) is 0 Å². The molecule has 0 atom stereocenters. The fourth-order valence-corrected chi connectivity index (χ4v) is 4.06. The summed E-state index contributed by atoms with van der Waals surface area (Å²) in [5.74, 6) is -0.541. The summed E-state index contributed by atoms with van der Waals surface area (Å²) in [4.78, 5) is 11.7. The van der Waals surface area contributed by atoms with E-state index in [-0.39, 0.29) is 10.5 Å². The molecule has 1 heterocycles. The Hall–Kier alpha value is -2.52. The van der Waals surface area contributed by atoms with Gasteiger partial charge in [-0.2, -0.15) is 8.75 Å². The molecule has 0 radical (unpaired) electrons. The molecule has 1 aromatic heterocycles. The molecule has 0 unspecified atom stereocenters. The Labute approximate surface area is 142 Å². The van der Waals surface area contributed by atoms with Crippen LogP contribution in [-0.2, 0) is 14.8 Å². The van der Waals surface area contributed by atoms with Crippen LogP contribution in [0.15, 0.2) is 41.3 Å². The number of hydrogen-bond donors (Lipinski definition) is 1. The molecule has 0 amide bonds. The second kappa shape index (κ2) is 6.17. The topological polar surface area (TPSA) is 98.2 Å². The number of aromatic nitrogens is 2. The maximum Gasteiger partial charge on any atom is 0.337 e. The monoisotopic (exact) mass is 363 g/mol. The Kier molecular flexibility index (Phi) is 4.20. The number of hydrogen-bond acceptors (Lipinski definition) is 7. The van der Waals surface area contributed by atoms with Crippen LogP contribution in [0.1, 0.15) is 15.9 Å². The molecule has 0 spiro atoms. The molecule has 0 saturated carbocycles. The highest BCUT2D eigenvalue weighted by atomic mass is 32.2. The van der Waals surface area contributed by atoms with Gasteiger partial charge < -0.3 is 4.74 Å². The maximum atomic E-state index is 12.7. The number of carbonyl (C=O) groups is 1. The van der Waals surface area contributed by atoms with Gasteiger partial charge in [0.1, 0.15) is 15.9 Å². The molecule has 124 valence electrons. The molecule has 0 fully saturated rings. The number of nitrogens with zero attached hydrogens (tertiary/aromatic N) is 2. The lowest BCUT2D eigenvalue weighted by molar-refractivity contribution is 0.0601. The Morgan fingerprint density at radius 1 is 1.21 bits per heavy atom. The summed E-state index contributed by atoms with van der Waals surface area (Å²) in [5, 5.41) is 0. The molecule has 7 nitrogen and oxygen atoms in total. The van der Waals surface area contributed by atoms with Crippen LogP contribution in [0.4, 0.5) is 5.69 Å². The van der Waals surface area contributed by atoms with E-state index >= 15 is 0 Å². The van der Waals surface area contributed by atoms with Crippen LogP contribution in [0, 0.1) is 6.92 Å². The first-order valence-corrected chi connectivity index (χ1v) is 9.07. The van der Waals surface area contributed by atoms with Crippen molar-refractivity contribution in [3.05, 3.63) is 47.5 Å². The molecular weight excluding hydrogens is 350 g/mol. The molecule has 3 rings (SSSR count). The minimum Gasteiger partial charge on any atom is -0.465 e. The zero-order chi connectivity index (χ0) is 17.3. The zero-order valence-electron chi connectivity index (χ0n) is 12.8. The van der Waals surface area contributed by atoms with Crippen molar-refractivity contribution in [3.8, 4) is 0 Å². The number of nitrogens with one attached hydrogen (secondary N) is 1. The van der Waals surface area contributed by atoms with E-state index in [4.69, 9.17) is 0 Å². The number of esters is 1. The predicted octanol–water partition coefficient (Wildman–Crippen LogP) is 2.59. The van der Waals surface area contributed by atoms with Gasteiger partial charge in [0.2, 0.25) is 0 Å². The van der Waals surface area contributed by atoms with Gasteiger partial charge in [0.25, 0.3) is 10.0 Å². The third kappa shape index (κ3) is 2.95. The van der Waals surface area contributed by atoms with Crippen molar-refractivity contribution in [2.24, 2.45) is 0 Å². The van der Waals surface area contributed by atoms with Crippen LogP contribution >= 0.6 is 11.7 Å². The highest BCUT2D eigenvalue weighted by molar-refractivity contribution is 7.93. The second-order valence-corrected chi connectivity index (χ2v) is 7.19. The van der Waals surface area contributed by atoms with E-state index in [1.54, 1.807) is 31.2 Å². The Bertz CT molecular complexity index is 1030. The van der Waals surface area contributed by atoms with Crippen molar-refractivity contribution in [1.29, 1.82) is 0 Å². The summed E-state index contributed by atoms with van der Waals surface area (Å²) in [6.45, 7) is 1.74. The van der Waals surface area contributed by atoms with Crippen LogP contribution in [0.25, 0.3) is 11.0 Å². The first-order valence-electron chi connectivity index (χ1n) is 6.85. The first-order chi connectivity index (χ1) is 11.4. The fraction of sp³-hybridized carbons (Fsp3) is 0.133. The summed E-state index contributed by atoms with van der Waals surface area (Å²) in [5.41, 5.74) is 2.07. The number of rotatable bonds is 4. The van der Waals surface area contributed by atoms with Gasteiger partial charge in [-0.25, -0.2) is 13.2 Å². The highest BCUT2D eigenvalue weighted by Crippen LogP contribution is 2.25. The highest BCUT2D eigenvalue weighted by Gasteiger charge is 2.21. The summed E-state index contributed by atoms with van der Waals surface area (Å²) >= 11 is 0.949. The van der Waals surface area contributed by atoms with Gasteiger partial charge in [0.15, 0.2) is 0 Å². The molecule has 9 heteroatoms. The maximum absolute atomic E-state index is 12.7. The van der Waals surface area contributed by atoms with Crippen molar-refractivity contribution in [3.63, 3.8) is 0 Å². The molecule has 0 saturated heterocycles. The van der Waals surface area contributed by atoms with E-state index in [0.717, 1.165) is 11.7 Å². The molecule has 3 aromatic rings. The number of benzene rings is 2. The van der Waals surface area contributed by atoms with Crippen molar-refractivity contribution >= 4 is 44.4 Å². The van der Waals surface area contributed by atoms with Crippen molar-refractivity contribution in [1.82, 2.24) is 8.75 Å². The number of methoxy groups -OCH3 is 1. The third-order valence-electron chi connectivity index (χ3n) is 3.44. The molecule has 0 aliphatic carbocycles. The lowest BCUT2D eigenvalue weighted by Crippen LogP contribution is -2.15. The van der Waals surface area contributed by atoms with Gasteiger partial charge in [0, 0.05) is 0 Å². The third-order valence-corrected chi connectivity index (χ3v) is 5.38. The van der Waals surface area contributed by atoms with E-state index in [0.29, 0.717) is 22.3 Å². The van der Waals surface area contributed by atoms with Crippen LogP contribution in [0.3, 0.4) is 0 Å². The van der Waals surface area contributed by atoms with E-state index < -0.39 is 16.0 Å². The largest absolute Gasteiger partial charge is 0.465 e. The molecule has 1 N–H and O–H groups in total. The molecule has 0 bridgehead atoms. The molecule has 0 aliphatic rings. The van der Waals surface area contributed by atoms with Crippen LogP contribution in [0.2, 0.25) is 0 Å². The fourth-order valence-electron chi connectivity index (χ4n) is 2.17. The SMILES string of the molecule is COC(=O)c1ccc(C)c(NS(=O)(=O)c2cccc3nsnc23)c1.